The van der Waals surface area contributed by atoms with Crippen LogP contribution in [0, 0.1) is 14.9 Å². The van der Waals surface area contributed by atoms with Crippen LogP contribution in [0.15, 0.2) is 60.7 Å². The molecule has 5 heteroatoms. The molecule has 0 fully saturated rings. The molecule has 179 valence electrons. The van der Waals surface area contributed by atoms with Gasteiger partial charge in [0.25, 0.3) is 0 Å². The maximum absolute atomic E-state index is 2.44. The summed E-state index contributed by atoms with van der Waals surface area (Å²) in [5.74, 6) is 0. The Morgan fingerprint density at radius 3 is 1.06 bits per heavy atom. The van der Waals surface area contributed by atoms with E-state index in [1.165, 1.54) is 57.3 Å². The van der Waals surface area contributed by atoms with Crippen molar-refractivity contribution < 1.29 is 164 Å². The summed E-state index contributed by atoms with van der Waals surface area (Å²) in [5, 5.41) is 0. The van der Waals surface area contributed by atoms with Crippen LogP contribution in [0.4, 0.5) is 0 Å². The molecule has 0 saturated heterocycles. The van der Waals surface area contributed by atoms with E-state index in [1.807, 2.05) is 13.8 Å². The molecule has 2 aliphatic rings. The van der Waals surface area contributed by atoms with Crippen LogP contribution in [0.5, 0.6) is 0 Å². The van der Waals surface area contributed by atoms with Gasteiger partial charge in [-0.1, -0.05) is 109 Å². The average molecular weight is 847 g/mol. The molecule has 0 atom stereocenters. The second kappa shape index (κ2) is 28.7. The number of fused-ring (bicyclic) bond motifs is 6. The first-order valence-electron chi connectivity index (χ1n) is 11.1. The van der Waals surface area contributed by atoms with Crippen LogP contribution in [-0.2, 0) is 176 Å². The second-order valence-corrected chi connectivity index (χ2v) is 7.25. The zero-order valence-corrected chi connectivity index (χ0v) is 37.7. The van der Waals surface area contributed by atoms with Crippen LogP contribution >= 0.6 is 0 Å². The SMILES string of the molecule is CC.CCC.CCC.[CH3-].[CH3-].[Y].[Y].[Y].[Y].[Y].c1ccc2c(c1)Cc1cc3c(cc1-2)-c1ccccc1C3. The minimum absolute atomic E-state index is 0. The van der Waals surface area contributed by atoms with Crippen LogP contribution < -0.4 is 0 Å². The molecule has 0 amide bonds. The summed E-state index contributed by atoms with van der Waals surface area (Å²) in [6.07, 6.45) is 4.68. The fraction of sp³-hybridized carbons (Fsp3) is 0.333. The van der Waals surface area contributed by atoms with Crippen molar-refractivity contribution in [2.75, 3.05) is 0 Å². The number of hydrogen-bond acceptors (Lipinski definition) is 0. The topological polar surface area (TPSA) is 0 Å². The maximum Gasteiger partial charge on any atom is 0 e. The fourth-order valence-corrected chi connectivity index (χ4v) is 3.77. The fourth-order valence-electron chi connectivity index (χ4n) is 3.77. The first-order valence-corrected chi connectivity index (χ1v) is 11.1. The molecule has 0 nitrogen and oxygen atoms in total. The zero-order valence-electron chi connectivity index (χ0n) is 23.5. The third-order valence-electron chi connectivity index (χ3n) is 4.71. The smallest absolute Gasteiger partial charge is 0 e. The Bertz CT molecular complexity index is 836. The average Bonchev–Trinajstić information content (AvgIpc) is 3.26. The molecule has 3 aromatic rings. The van der Waals surface area contributed by atoms with Gasteiger partial charge >= 0.3 is 0 Å². The summed E-state index contributed by atoms with van der Waals surface area (Å²) < 4.78 is 0. The molecular weight excluding hydrogens is 805 g/mol. The summed E-state index contributed by atoms with van der Waals surface area (Å²) in [4.78, 5) is 0. The van der Waals surface area contributed by atoms with Crippen molar-refractivity contribution in [1.82, 2.24) is 0 Å². The Morgan fingerprint density at radius 2 is 0.743 bits per heavy atom. The van der Waals surface area contributed by atoms with Gasteiger partial charge in [0.15, 0.2) is 0 Å². The van der Waals surface area contributed by atoms with Gasteiger partial charge in [-0.15, -0.1) is 0 Å². The summed E-state index contributed by atoms with van der Waals surface area (Å²) in [7, 11) is 0. The monoisotopic (exact) mass is 847 g/mol. The van der Waals surface area contributed by atoms with Gasteiger partial charge in [-0.05, 0) is 63.4 Å². The number of rotatable bonds is 0. The predicted molar refractivity (Wildman–Crippen MR) is 139 cm³/mol. The van der Waals surface area contributed by atoms with E-state index >= 15 is 0 Å². The molecule has 0 bridgehead atoms. The molecule has 0 saturated carbocycles. The minimum Gasteiger partial charge on any atom is -0.358 e. The Morgan fingerprint density at radius 1 is 0.457 bits per heavy atom. The second-order valence-electron chi connectivity index (χ2n) is 7.25. The Kier molecular flexibility index (Phi) is 41.8. The predicted octanol–water partition coefficient (Wildman–Crippen LogP) is 9.58. The Balaban J connectivity index is -0.000000127. The minimum atomic E-state index is 0. The molecule has 0 spiro atoms. The third kappa shape index (κ3) is 14.1. The van der Waals surface area contributed by atoms with Gasteiger partial charge in [0, 0.05) is 164 Å². The largest absolute Gasteiger partial charge is 0.358 e. The van der Waals surface area contributed by atoms with Gasteiger partial charge in [-0.3, -0.25) is 0 Å². The van der Waals surface area contributed by atoms with Crippen molar-refractivity contribution in [3.05, 3.63) is 97.8 Å². The van der Waals surface area contributed by atoms with Gasteiger partial charge in [-0.25, -0.2) is 0 Å². The van der Waals surface area contributed by atoms with Gasteiger partial charge in [0.1, 0.15) is 0 Å². The van der Waals surface area contributed by atoms with Crippen molar-refractivity contribution in [1.29, 1.82) is 0 Å². The summed E-state index contributed by atoms with van der Waals surface area (Å²) >= 11 is 0. The van der Waals surface area contributed by atoms with Crippen LogP contribution in [0.25, 0.3) is 22.3 Å². The molecule has 2 aliphatic carbocycles. The van der Waals surface area contributed by atoms with Crippen molar-refractivity contribution in [3.63, 3.8) is 0 Å². The summed E-state index contributed by atoms with van der Waals surface area (Å²) in [6.45, 7) is 12.5. The molecule has 3 aromatic carbocycles. The van der Waals surface area contributed by atoms with E-state index in [2.05, 4.69) is 88.4 Å². The quantitative estimate of drug-likeness (QED) is 0.136. The molecule has 0 N–H and O–H groups in total. The third-order valence-corrected chi connectivity index (χ3v) is 4.71. The normalized spacial score (nSPS) is 8.97. The summed E-state index contributed by atoms with van der Waals surface area (Å²) in [6, 6.07) is 22.5. The van der Waals surface area contributed by atoms with E-state index in [-0.39, 0.29) is 178 Å². The van der Waals surface area contributed by atoms with Crippen molar-refractivity contribution in [3.8, 4) is 22.3 Å². The van der Waals surface area contributed by atoms with Crippen molar-refractivity contribution >= 4 is 0 Å². The van der Waals surface area contributed by atoms with Gasteiger partial charge in [0.05, 0.1) is 0 Å². The number of benzene rings is 3. The molecule has 5 rings (SSSR count). The van der Waals surface area contributed by atoms with E-state index in [4.69, 9.17) is 0 Å². The van der Waals surface area contributed by atoms with Crippen LogP contribution in [0.2, 0.25) is 0 Å². The molecular formula is C30H42Y5-2. The number of hydrogen-bond donors (Lipinski definition) is 0. The molecule has 0 aliphatic heterocycles. The standard InChI is InChI=1S/C20H14.2C3H8.C2H6.2CH3.5Y/c1-3-7-17-13(5-1)9-15-11-16-10-14-6-2-4-8-18(14)20(16)12-19(15)17;2*1-3-2;1-2;;;;;;;/h1-8,11-12H,9-10H2;2*3H2,1-2H3;1-2H3;2*1H3;;;;;/q;;;;2*-1;;;;;. The Labute approximate surface area is 344 Å². The maximum atomic E-state index is 2.44. The van der Waals surface area contributed by atoms with E-state index in [9.17, 15) is 0 Å². The van der Waals surface area contributed by atoms with Crippen LogP contribution in [0.3, 0.4) is 0 Å². The van der Waals surface area contributed by atoms with Crippen molar-refractivity contribution in [2.24, 2.45) is 0 Å². The van der Waals surface area contributed by atoms with Gasteiger partial charge in [0.2, 0.25) is 0 Å². The molecule has 0 aromatic heterocycles. The summed E-state index contributed by atoms with van der Waals surface area (Å²) in [5.41, 5.74) is 11.7. The zero-order chi connectivity index (χ0) is 20.5. The van der Waals surface area contributed by atoms with Crippen LogP contribution in [-0.4, -0.2) is 0 Å². The van der Waals surface area contributed by atoms with E-state index in [0.717, 1.165) is 12.8 Å². The van der Waals surface area contributed by atoms with E-state index in [0.29, 0.717) is 0 Å². The first kappa shape index (κ1) is 51.0. The molecule has 0 unspecified atom stereocenters. The van der Waals surface area contributed by atoms with Crippen LogP contribution in [0.1, 0.15) is 76.6 Å². The first-order chi connectivity index (χ1) is 13.7. The van der Waals surface area contributed by atoms with E-state index < -0.39 is 0 Å². The Hall–Kier alpha value is 3.18. The molecule has 0 heterocycles. The molecule has 5 radical (unpaired) electrons. The van der Waals surface area contributed by atoms with Crippen molar-refractivity contribution in [2.45, 2.75) is 67.2 Å². The van der Waals surface area contributed by atoms with E-state index in [1.54, 1.807) is 0 Å². The van der Waals surface area contributed by atoms with Gasteiger partial charge in [-0.2, -0.15) is 0 Å². The van der Waals surface area contributed by atoms with Gasteiger partial charge < -0.3 is 14.9 Å². The molecule has 35 heavy (non-hydrogen) atoms.